The van der Waals surface area contributed by atoms with Crippen molar-refractivity contribution in [1.29, 1.82) is 0 Å². The lowest BCUT2D eigenvalue weighted by atomic mass is 10.1. The van der Waals surface area contributed by atoms with Gasteiger partial charge in [0, 0.05) is 29.7 Å². The van der Waals surface area contributed by atoms with Gasteiger partial charge in [0.15, 0.2) is 0 Å². The highest BCUT2D eigenvalue weighted by Crippen LogP contribution is 2.28. The van der Waals surface area contributed by atoms with Gasteiger partial charge in [-0.3, -0.25) is 0 Å². The maximum absolute atomic E-state index is 6.17. The predicted molar refractivity (Wildman–Crippen MR) is 104 cm³/mol. The number of hydrogen-bond donors (Lipinski definition) is 0. The Balaban J connectivity index is 1.95. The van der Waals surface area contributed by atoms with Crippen LogP contribution in [-0.4, -0.2) is 0 Å². The Morgan fingerprint density at radius 1 is 0.708 bits per heavy atom. The third-order valence-corrected chi connectivity index (χ3v) is 4.48. The molecule has 3 aromatic rings. The van der Waals surface area contributed by atoms with Gasteiger partial charge in [0.1, 0.15) is 0 Å². The fourth-order valence-corrected chi connectivity index (χ4v) is 3.21. The topological polar surface area (TPSA) is 3.24 Å². The molecule has 3 aromatic carbocycles. The summed E-state index contributed by atoms with van der Waals surface area (Å²) in [5.74, 6) is 0.440. The second-order valence-corrected chi connectivity index (χ2v) is 6.44. The van der Waals surface area contributed by atoms with Gasteiger partial charge in [0.2, 0.25) is 0 Å². The standard InChI is InChI=1S/C21H19Cl2N/c22-14-19-13-20(23)11-12-21(19)24(15-17-7-3-1-4-8-17)16-18-9-5-2-6-10-18/h1-13H,14-16H2. The lowest BCUT2D eigenvalue weighted by molar-refractivity contribution is 0.796. The molecule has 0 aliphatic carbocycles. The first-order valence-electron chi connectivity index (χ1n) is 7.93. The van der Waals surface area contributed by atoms with Crippen molar-refractivity contribution in [3.63, 3.8) is 0 Å². The molecule has 0 unspecified atom stereocenters. The Morgan fingerprint density at radius 2 is 1.25 bits per heavy atom. The average Bonchev–Trinajstić information content (AvgIpc) is 2.63. The van der Waals surface area contributed by atoms with Crippen LogP contribution in [0, 0.1) is 0 Å². The number of hydrogen-bond acceptors (Lipinski definition) is 1. The molecule has 0 heterocycles. The molecule has 0 aromatic heterocycles. The van der Waals surface area contributed by atoms with Gasteiger partial charge in [-0.15, -0.1) is 11.6 Å². The van der Waals surface area contributed by atoms with E-state index in [0.717, 1.165) is 24.3 Å². The van der Waals surface area contributed by atoms with E-state index >= 15 is 0 Å². The first-order chi connectivity index (χ1) is 11.8. The Bertz CT molecular complexity index is 731. The summed E-state index contributed by atoms with van der Waals surface area (Å²) in [5.41, 5.74) is 4.71. The molecule has 122 valence electrons. The summed E-state index contributed by atoms with van der Waals surface area (Å²) >= 11 is 12.3. The van der Waals surface area contributed by atoms with Crippen LogP contribution in [0.4, 0.5) is 5.69 Å². The van der Waals surface area contributed by atoms with E-state index in [0.29, 0.717) is 10.9 Å². The minimum atomic E-state index is 0.440. The Kier molecular flexibility index (Phi) is 5.79. The summed E-state index contributed by atoms with van der Waals surface area (Å²) in [4.78, 5) is 2.35. The molecule has 0 saturated heterocycles. The molecule has 24 heavy (non-hydrogen) atoms. The molecule has 0 bridgehead atoms. The predicted octanol–water partition coefficient (Wildman–Crippen LogP) is 6.29. The van der Waals surface area contributed by atoms with E-state index in [1.165, 1.54) is 11.1 Å². The zero-order valence-electron chi connectivity index (χ0n) is 13.3. The highest BCUT2D eigenvalue weighted by molar-refractivity contribution is 6.30. The average molecular weight is 356 g/mol. The van der Waals surface area contributed by atoms with Gasteiger partial charge < -0.3 is 4.90 Å². The third kappa shape index (κ3) is 4.31. The molecule has 0 amide bonds. The summed E-state index contributed by atoms with van der Waals surface area (Å²) in [5, 5.41) is 0.716. The molecule has 0 spiro atoms. The monoisotopic (exact) mass is 355 g/mol. The number of halogens is 2. The van der Waals surface area contributed by atoms with Crippen LogP contribution in [0.15, 0.2) is 78.9 Å². The third-order valence-electron chi connectivity index (χ3n) is 3.96. The number of rotatable bonds is 6. The number of anilines is 1. The largest absolute Gasteiger partial charge is 0.363 e. The second-order valence-electron chi connectivity index (χ2n) is 5.73. The van der Waals surface area contributed by atoms with E-state index in [4.69, 9.17) is 23.2 Å². The maximum Gasteiger partial charge on any atom is 0.0495 e. The van der Waals surface area contributed by atoms with Crippen LogP contribution < -0.4 is 4.90 Å². The first kappa shape index (κ1) is 16.9. The quantitative estimate of drug-likeness (QED) is 0.470. The van der Waals surface area contributed by atoms with Crippen LogP contribution in [0.1, 0.15) is 16.7 Å². The maximum atomic E-state index is 6.17. The summed E-state index contributed by atoms with van der Waals surface area (Å²) in [6, 6.07) is 26.9. The molecule has 3 heteroatoms. The molecular formula is C21H19Cl2N. The minimum absolute atomic E-state index is 0.440. The molecule has 0 radical (unpaired) electrons. The number of nitrogens with zero attached hydrogens (tertiary/aromatic N) is 1. The SMILES string of the molecule is ClCc1cc(Cl)ccc1N(Cc1ccccc1)Cc1ccccc1. The van der Waals surface area contributed by atoms with Crippen LogP contribution in [-0.2, 0) is 19.0 Å². The van der Waals surface area contributed by atoms with Gasteiger partial charge in [-0.05, 0) is 34.9 Å². The fraction of sp³-hybridized carbons (Fsp3) is 0.143. The van der Waals surface area contributed by atoms with Gasteiger partial charge in [-0.25, -0.2) is 0 Å². The van der Waals surface area contributed by atoms with Crippen molar-refractivity contribution in [2.45, 2.75) is 19.0 Å². The lowest BCUT2D eigenvalue weighted by Gasteiger charge is -2.27. The van der Waals surface area contributed by atoms with Crippen molar-refractivity contribution in [3.05, 3.63) is 101 Å². The molecule has 0 saturated carbocycles. The van der Waals surface area contributed by atoms with Gasteiger partial charge in [-0.1, -0.05) is 72.3 Å². The van der Waals surface area contributed by atoms with Crippen molar-refractivity contribution in [2.24, 2.45) is 0 Å². The van der Waals surface area contributed by atoms with Crippen LogP contribution in [0.2, 0.25) is 5.02 Å². The highest BCUT2D eigenvalue weighted by Gasteiger charge is 2.13. The molecule has 0 aliphatic heterocycles. The van der Waals surface area contributed by atoms with Crippen molar-refractivity contribution in [1.82, 2.24) is 0 Å². The van der Waals surface area contributed by atoms with Crippen LogP contribution in [0.5, 0.6) is 0 Å². The van der Waals surface area contributed by atoms with Crippen LogP contribution >= 0.6 is 23.2 Å². The van der Waals surface area contributed by atoms with E-state index in [9.17, 15) is 0 Å². The van der Waals surface area contributed by atoms with Gasteiger partial charge in [0.05, 0.1) is 0 Å². The smallest absolute Gasteiger partial charge is 0.0495 e. The lowest BCUT2D eigenvalue weighted by Crippen LogP contribution is -2.23. The molecule has 0 aliphatic rings. The summed E-state index contributed by atoms with van der Waals surface area (Å²) in [7, 11) is 0. The van der Waals surface area contributed by atoms with Crippen LogP contribution in [0.25, 0.3) is 0 Å². The van der Waals surface area contributed by atoms with Crippen molar-refractivity contribution < 1.29 is 0 Å². The fourth-order valence-electron chi connectivity index (χ4n) is 2.80. The molecule has 0 N–H and O–H groups in total. The number of alkyl halides is 1. The Labute approximate surface area is 153 Å². The van der Waals surface area contributed by atoms with E-state index in [-0.39, 0.29) is 0 Å². The summed E-state index contributed by atoms with van der Waals surface area (Å²) in [6.45, 7) is 1.64. The zero-order chi connectivity index (χ0) is 16.8. The minimum Gasteiger partial charge on any atom is -0.363 e. The molecule has 0 atom stereocenters. The summed E-state index contributed by atoms with van der Waals surface area (Å²) < 4.78 is 0. The highest BCUT2D eigenvalue weighted by atomic mass is 35.5. The van der Waals surface area contributed by atoms with E-state index in [1.807, 2.05) is 24.3 Å². The first-order valence-corrected chi connectivity index (χ1v) is 8.84. The Morgan fingerprint density at radius 3 is 1.75 bits per heavy atom. The summed E-state index contributed by atoms with van der Waals surface area (Å²) in [6.07, 6.45) is 0. The van der Waals surface area contributed by atoms with Crippen molar-refractivity contribution in [2.75, 3.05) is 4.90 Å². The molecule has 3 rings (SSSR count). The van der Waals surface area contributed by atoms with Crippen LogP contribution in [0.3, 0.4) is 0 Å². The van der Waals surface area contributed by atoms with Crippen molar-refractivity contribution >= 4 is 28.9 Å². The van der Waals surface area contributed by atoms with Gasteiger partial charge >= 0.3 is 0 Å². The molecule has 1 nitrogen and oxygen atoms in total. The van der Waals surface area contributed by atoms with Gasteiger partial charge in [0.25, 0.3) is 0 Å². The Hall–Kier alpha value is -1.96. The normalized spacial score (nSPS) is 10.6. The molecular weight excluding hydrogens is 337 g/mol. The van der Waals surface area contributed by atoms with E-state index in [1.54, 1.807) is 0 Å². The number of benzene rings is 3. The molecule has 0 fully saturated rings. The van der Waals surface area contributed by atoms with E-state index in [2.05, 4.69) is 59.5 Å². The van der Waals surface area contributed by atoms with Gasteiger partial charge in [-0.2, -0.15) is 0 Å². The second kappa shape index (κ2) is 8.23. The van der Waals surface area contributed by atoms with Crippen molar-refractivity contribution in [3.8, 4) is 0 Å². The van der Waals surface area contributed by atoms with E-state index < -0.39 is 0 Å². The zero-order valence-corrected chi connectivity index (χ0v) is 14.8.